The first-order valence-electron chi connectivity index (χ1n) is 6.73. The highest BCUT2D eigenvalue weighted by atomic mass is 16.5. The van der Waals surface area contributed by atoms with Gasteiger partial charge < -0.3 is 19.7 Å². The maximum absolute atomic E-state index is 12.0. The number of ether oxygens (including phenoxy) is 2. The summed E-state index contributed by atoms with van der Waals surface area (Å²) < 4.78 is 9.73. The molecule has 0 spiro atoms. The molecule has 0 radical (unpaired) electrons. The second-order valence-electron chi connectivity index (χ2n) is 4.72. The Balaban J connectivity index is 2.45. The topological polar surface area (TPSA) is 84.9 Å². The van der Waals surface area contributed by atoms with Crippen molar-refractivity contribution in [1.82, 2.24) is 10.2 Å². The number of esters is 1. The summed E-state index contributed by atoms with van der Waals surface area (Å²) in [4.78, 5) is 36.7. The standard InChI is InChI=1S/C13H22N2O5/c1-4-20-13(18)9(2)14-12(17)10-7-11(16)15(8-10)5-6-19-3/h9-10H,4-8H2,1-3H3,(H,14,17). The van der Waals surface area contributed by atoms with Gasteiger partial charge in [-0.1, -0.05) is 0 Å². The lowest BCUT2D eigenvalue weighted by Gasteiger charge is -2.17. The SMILES string of the molecule is CCOC(=O)C(C)NC(=O)C1CC(=O)N(CCOC)C1. The van der Waals surface area contributed by atoms with E-state index in [0.29, 0.717) is 19.7 Å². The highest BCUT2D eigenvalue weighted by Crippen LogP contribution is 2.17. The van der Waals surface area contributed by atoms with Crippen molar-refractivity contribution in [2.24, 2.45) is 5.92 Å². The van der Waals surface area contributed by atoms with E-state index >= 15 is 0 Å². The zero-order valence-corrected chi connectivity index (χ0v) is 12.2. The van der Waals surface area contributed by atoms with Crippen LogP contribution in [0.5, 0.6) is 0 Å². The third-order valence-corrected chi connectivity index (χ3v) is 3.15. The minimum atomic E-state index is -0.703. The van der Waals surface area contributed by atoms with Gasteiger partial charge in [0.1, 0.15) is 6.04 Å². The van der Waals surface area contributed by atoms with Gasteiger partial charge in [-0.25, -0.2) is 4.79 Å². The van der Waals surface area contributed by atoms with Gasteiger partial charge in [-0.05, 0) is 13.8 Å². The van der Waals surface area contributed by atoms with Crippen LogP contribution in [0.25, 0.3) is 0 Å². The van der Waals surface area contributed by atoms with Gasteiger partial charge in [0.25, 0.3) is 0 Å². The fourth-order valence-electron chi connectivity index (χ4n) is 2.02. The maximum Gasteiger partial charge on any atom is 0.328 e. The summed E-state index contributed by atoms with van der Waals surface area (Å²) in [5.41, 5.74) is 0. The van der Waals surface area contributed by atoms with Crippen LogP contribution in [0.3, 0.4) is 0 Å². The number of carbonyl (C=O) groups excluding carboxylic acids is 3. The Morgan fingerprint density at radius 2 is 2.20 bits per heavy atom. The quantitative estimate of drug-likeness (QED) is 0.641. The average Bonchev–Trinajstić information content (AvgIpc) is 2.78. The van der Waals surface area contributed by atoms with Gasteiger partial charge in [-0.15, -0.1) is 0 Å². The lowest BCUT2D eigenvalue weighted by atomic mass is 10.1. The Morgan fingerprint density at radius 3 is 2.80 bits per heavy atom. The predicted molar refractivity (Wildman–Crippen MR) is 70.8 cm³/mol. The van der Waals surface area contributed by atoms with Crippen molar-refractivity contribution in [3.05, 3.63) is 0 Å². The second-order valence-corrected chi connectivity index (χ2v) is 4.72. The van der Waals surface area contributed by atoms with E-state index in [0.717, 1.165) is 0 Å². The van der Waals surface area contributed by atoms with Crippen molar-refractivity contribution >= 4 is 17.8 Å². The number of nitrogens with one attached hydrogen (secondary N) is 1. The molecule has 2 unspecified atom stereocenters. The lowest BCUT2D eigenvalue weighted by molar-refractivity contribution is -0.147. The molecule has 0 aliphatic carbocycles. The first-order chi connectivity index (χ1) is 9.49. The molecule has 1 heterocycles. The number of likely N-dealkylation sites (tertiary alicyclic amines) is 1. The average molecular weight is 286 g/mol. The largest absolute Gasteiger partial charge is 0.464 e. The minimum absolute atomic E-state index is 0.0639. The number of hydrogen-bond acceptors (Lipinski definition) is 5. The Morgan fingerprint density at radius 1 is 1.50 bits per heavy atom. The molecule has 2 amide bonds. The van der Waals surface area contributed by atoms with Crippen molar-refractivity contribution in [3.8, 4) is 0 Å². The van der Waals surface area contributed by atoms with E-state index in [2.05, 4.69) is 5.32 Å². The van der Waals surface area contributed by atoms with Crippen LogP contribution < -0.4 is 5.32 Å². The number of methoxy groups -OCH3 is 1. The Kier molecular flexibility index (Phi) is 6.44. The Labute approximate surface area is 118 Å². The number of hydrogen-bond donors (Lipinski definition) is 1. The molecule has 1 aliphatic rings. The van der Waals surface area contributed by atoms with Crippen LogP contribution >= 0.6 is 0 Å². The molecule has 0 bridgehead atoms. The lowest BCUT2D eigenvalue weighted by Crippen LogP contribution is -2.43. The molecule has 0 aromatic rings. The molecule has 0 aromatic carbocycles. The first-order valence-corrected chi connectivity index (χ1v) is 6.73. The van der Waals surface area contributed by atoms with E-state index in [4.69, 9.17) is 9.47 Å². The number of amides is 2. The molecule has 2 atom stereocenters. The summed E-state index contributed by atoms with van der Waals surface area (Å²) in [6, 6.07) is -0.703. The molecular formula is C13H22N2O5. The Bertz CT molecular complexity index is 372. The van der Waals surface area contributed by atoms with E-state index in [1.165, 1.54) is 0 Å². The Hall–Kier alpha value is -1.63. The molecule has 1 aliphatic heterocycles. The third kappa shape index (κ3) is 4.48. The highest BCUT2D eigenvalue weighted by Gasteiger charge is 2.35. The number of nitrogens with zero attached hydrogens (tertiary/aromatic N) is 1. The van der Waals surface area contributed by atoms with Gasteiger partial charge >= 0.3 is 5.97 Å². The summed E-state index contributed by atoms with van der Waals surface area (Å²) in [7, 11) is 1.56. The van der Waals surface area contributed by atoms with Crippen molar-refractivity contribution in [1.29, 1.82) is 0 Å². The van der Waals surface area contributed by atoms with Gasteiger partial charge in [0.15, 0.2) is 0 Å². The van der Waals surface area contributed by atoms with E-state index in [9.17, 15) is 14.4 Å². The molecular weight excluding hydrogens is 264 g/mol. The molecule has 1 rings (SSSR count). The first kappa shape index (κ1) is 16.4. The van der Waals surface area contributed by atoms with Gasteiger partial charge in [-0.3, -0.25) is 9.59 Å². The van der Waals surface area contributed by atoms with Crippen LogP contribution in [-0.2, 0) is 23.9 Å². The van der Waals surface area contributed by atoms with E-state index in [1.54, 1.807) is 25.9 Å². The smallest absolute Gasteiger partial charge is 0.328 e. The molecule has 114 valence electrons. The van der Waals surface area contributed by atoms with Crippen molar-refractivity contribution in [2.45, 2.75) is 26.3 Å². The van der Waals surface area contributed by atoms with Gasteiger partial charge in [0.2, 0.25) is 11.8 Å². The summed E-state index contributed by atoms with van der Waals surface area (Å²) in [5.74, 6) is -1.25. The monoisotopic (exact) mass is 286 g/mol. The van der Waals surface area contributed by atoms with Gasteiger partial charge in [-0.2, -0.15) is 0 Å². The fraction of sp³-hybridized carbons (Fsp3) is 0.769. The summed E-state index contributed by atoms with van der Waals surface area (Å²) in [5, 5.41) is 2.58. The van der Waals surface area contributed by atoms with Crippen LogP contribution in [0.1, 0.15) is 20.3 Å². The summed E-state index contributed by atoms with van der Waals surface area (Å²) >= 11 is 0. The van der Waals surface area contributed by atoms with Crippen molar-refractivity contribution in [3.63, 3.8) is 0 Å². The van der Waals surface area contributed by atoms with E-state index < -0.39 is 17.9 Å². The van der Waals surface area contributed by atoms with Gasteiger partial charge in [0, 0.05) is 26.6 Å². The molecule has 7 heteroatoms. The number of carbonyl (C=O) groups is 3. The molecule has 0 saturated carbocycles. The second kappa shape index (κ2) is 7.84. The van der Waals surface area contributed by atoms with Crippen molar-refractivity contribution < 1.29 is 23.9 Å². The zero-order chi connectivity index (χ0) is 15.1. The molecule has 1 N–H and O–H groups in total. The zero-order valence-electron chi connectivity index (χ0n) is 12.2. The van der Waals surface area contributed by atoms with E-state index in [-0.39, 0.29) is 24.8 Å². The summed E-state index contributed by atoms with van der Waals surface area (Å²) in [6.45, 7) is 4.83. The minimum Gasteiger partial charge on any atom is -0.464 e. The third-order valence-electron chi connectivity index (χ3n) is 3.15. The summed E-state index contributed by atoms with van der Waals surface area (Å²) in [6.07, 6.45) is 0.172. The molecule has 0 aromatic heterocycles. The molecule has 7 nitrogen and oxygen atoms in total. The highest BCUT2D eigenvalue weighted by molar-refractivity contribution is 5.91. The van der Waals surface area contributed by atoms with Crippen molar-refractivity contribution in [2.75, 3.05) is 33.4 Å². The van der Waals surface area contributed by atoms with Crippen LogP contribution in [0, 0.1) is 5.92 Å². The van der Waals surface area contributed by atoms with Crippen LogP contribution in [0.15, 0.2) is 0 Å². The van der Waals surface area contributed by atoms with Crippen LogP contribution in [0.2, 0.25) is 0 Å². The maximum atomic E-state index is 12.0. The van der Waals surface area contributed by atoms with Gasteiger partial charge in [0.05, 0.1) is 19.1 Å². The molecule has 1 saturated heterocycles. The van der Waals surface area contributed by atoms with Crippen LogP contribution in [0.4, 0.5) is 0 Å². The van der Waals surface area contributed by atoms with E-state index in [1.807, 2.05) is 0 Å². The molecule has 20 heavy (non-hydrogen) atoms. The molecule has 1 fully saturated rings. The normalized spacial score (nSPS) is 19.9. The van der Waals surface area contributed by atoms with Crippen LogP contribution in [-0.4, -0.2) is 62.1 Å². The number of rotatable bonds is 7. The predicted octanol–water partition coefficient (Wildman–Crippen LogP) is -0.451. The fourth-order valence-corrected chi connectivity index (χ4v) is 2.02.